The lowest BCUT2D eigenvalue weighted by Gasteiger charge is -2.36. The number of hydrogen-bond donors (Lipinski definition) is 1. The van der Waals surface area contributed by atoms with Gasteiger partial charge in [-0.2, -0.15) is 0 Å². The van der Waals surface area contributed by atoms with Gasteiger partial charge in [0.15, 0.2) is 11.5 Å². The largest absolute Gasteiger partial charge is 0.493 e. The minimum Gasteiger partial charge on any atom is -0.493 e. The Morgan fingerprint density at radius 3 is 2.28 bits per heavy atom. The summed E-state index contributed by atoms with van der Waals surface area (Å²) in [6, 6.07) is 6.86. The quantitative estimate of drug-likeness (QED) is 0.276. The van der Waals surface area contributed by atoms with Gasteiger partial charge in [-0.15, -0.1) is 0 Å². The topological polar surface area (TPSA) is 104 Å². The predicted octanol–water partition coefficient (Wildman–Crippen LogP) is 5.44. The highest BCUT2D eigenvalue weighted by molar-refractivity contribution is 6.04. The first-order valence-corrected chi connectivity index (χ1v) is 16.2. The van der Waals surface area contributed by atoms with E-state index < -0.39 is 6.23 Å². The molecular formula is C36H44N4O6. The summed E-state index contributed by atoms with van der Waals surface area (Å²) in [6.45, 7) is 16.1. The van der Waals surface area contributed by atoms with Gasteiger partial charge in [0.1, 0.15) is 12.0 Å². The maximum atomic E-state index is 13.6. The van der Waals surface area contributed by atoms with Crippen LogP contribution in [0.2, 0.25) is 0 Å². The molecule has 0 bridgehead atoms. The number of aryl methyl sites for hydroxylation is 1. The van der Waals surface area contributed by atoms with Crippen LogP contribution in [-0.4, -0.2) is 90.7 Å². The molecule has 2 saturated heterocycles. The number of carbonyl (C=O) groups is 2. The SMILES string of the molecule is C=C1C[C@H]2C=Nc3cc(OCCCCCOc4cc5c(cc4OC)C(=O)N4CC(=C)C[C@H]4C(O)N5C(C)C)c(C)cc3C(=O)N2C1. The van der Waals surface area contributed by atoms with Gasteiger partial charge in [0, 0.05) is 37.5 Å². The fourth-order valence-corrected chi connectivity index (χ4v) is 6.95. The highest BCUT2D eigenvalue weighted by atomic mass is 16.5. The molecular weight excluding hydrogens is 584 g/mol. The second-order valence-corrected chi connectivity index (χ2v) is 13.0. The predicted molar refractivity (Wildman–Crippen MR) is 178 cm³/mol. The van der Waals surface area contributed by atoms with E-state index in [1.54, 1.807) is 18.1 Å². The molecule has 6 rings (SSSR count). The second kappa shape index (κ2) is 12.8. The van der Waals surface area contributed by atoms with Crippen molar-refractivity contribution in [2.24, 2.45) is 4.99 Å². The molecule has 1 unspecified atom stereocenters. The summed E-state index contributed by atoms with van der Waals surface area (Å²) in [5.41, 5.74) is 5.27. The molecule has 2 fully saturated rings. The van der Waals surface area contributed by atoms with Crippen molar-refractivity contribution in [2.45, 2.75) is 77.2 Å². The lowest BCUT2D eigenvalue weighted by Crippen LogP contribution is -2.50. The van der Waals surface area contributed by atoms with Gasteiger partial charge in [-0.1, -0.05) is 24.3 Å². The average molecular weight is 629 g/mol. The Hall–Kier alpha value is -4.31. The molecule has 4 aliphatic rings. The van der Waals surface area contributed by atoms with Crippen LogP contribution in [0, 0.1) is 6.92 Å². The van der Waals surface area contributed by atoms with Gasteiger partial charge in [0.05, 0.1) is 54.9 Å². The van der Waals surface area contributed by atoms with Crippen LogP contribution >= 0.6 is 0 Å². The Bertz CT molecular complexity index is 1600. The standard InChI is InChI=1S/C36H44N4O6/c1-21(2)40-29-17-33(32(44-6)15-27(29)35(42)39-20-23(4)13-30(39)36(40)43)46-11-9-7-8-10-45-31-16-28-26(14-24(31)5)34(41)38-19-22(3)12-25(38)18-37-28/h14-18,21,25,30,36,43H,3-4,7-13,19-20H2,1-2,5-6H3/t25-,30-,36?/m0/s1. The van der Waals surface area contributed by atoms with Crippen molar-refractivity contribution >= 4 is 29.4 Å². The number of carbonyl (C=O) groups excluding carboxylic acids is 2. The zero-order chi connectivity index (χ0) is 32.7. The summed E-state index contributed by atoms with van der Waals surface area (Å²) >= 11 is 0. The normalized spacial score (nSPS) is 22.0. The van der Waals surface area contributed by atoms with Crippen LogP contribution in [0.5, 0.6) is 17.2 Å². The second-order valence-electron chi connectivity index (χ2n) is 13.0. The Kier molecular flexibility index (Phi) is 8.83. The van der Waals surface area contributed by atoms with E-state index >= 15 is 0 Å². The van der Waals surface area contributed by atoms with Crippen LogP contribution in [0.3, 0.4) is 0 Å². The third-order valence-electron chi connectivity index (χ3n) is 9.30. The van der Waals surface area contributed by atoms with Crippen LogP contribution in [0.15, 0.2) is 53.6 Å². The molecule has 0 aromatic heterocycles. The number of hydrogen-bond acceptors (Lipinski definition) is 8. The molecule has 244 valence electrons. The van der Waals surface area contributed by atoms with E-state index in [9.17, 15) is 14.7 Å². The van der Waals surface area contributed by atoms with Crippen LogP contribution in [0.1, 0.15) is 72.2 Å². The number of aliphatic imine (C=N–C) groups is 1. The molecule has 2 aromatic carbocycles. The summed E-state index contributed by atoms with van der Waals surface area (Å²) in [5, 5.41) is 11.4. The van der Waals surface area contributed by atoms with Crippen molar-refractivity contribution in [1.29, 1.82) is 0 Å². The molecule has 2 amide bonds. The first-order valence-electron chi connectivity index (χ1n) is 16.2. The lowest BCUT2D eigenvalue weighted by molar-refractivity contribution is 0.0497. The average Bonchev–Trinajstić information content (AvgIpc) is 3.56. The van der Waals surface area contributed by atoms with E-state index in [1.165, 1.54) is 0 Å². The third-order valence-corrected chi connectivity index (χ3v) is 9.30. The van der Waals surface area contributed by atoms with Crippen molar-refractivity contribution in [1.82, 2.24) is 9.80 Å². The summed E-state index contributed by atoms with van der Waals surface area (Å²) in [5.74, 6) is 1.60. The number of benzene rings is 2. The lowest BCUT2D eigenvalue weighted by atomic mass is 10.1. The molecule has 46 heavy (non-hydrogen) atoms. The maximum absolute atomic E-state index is 13.6. The van der Waals surface area contributed by atoms with E-state index in [0.717, 1.165) is 48.1 Å². The summed E-state index contributed by atoms with van der Waals surface area (Å²) < 4.78 is 17.9. The van der Waals surface area contributed by atoms with Gasteiger partial charge < -0.3 is 34.0 Å². The van der Waals surface area contributed by atoms with Crippen molar-refractivity contribution in [3.63, 3.8) is 0 Å². The number of methoxy groups -OCH3 is 1. The minimum atomic E-state index is -0.862. The zero-order valence-corrected chi connectivity index (χ0v) is 27.3. The fourth-order valence-electron chi connectivity index (χ4n) is 6.95. The number of unbranched alkanes of at least 4 members (excludes halogenated alkanes) is 2. The van der Waals surface area contributed by atoms with E-state index in [1.807, 2.05) is 55.0 Å². The number of amides is 2. The minimum absolute atomic E-state index is 0.0109. The number of nitrogens with zero attached hydrogens (tertiary/aromatic N) is 4. The van der Waals surface area contributed by atoms with Gasteiger partial charge in [-0.3, -0.25) is 14.6 Å². The highest BCUT2D eigenvalue weighted by Crippen LogP contribution is 2.42. The molecule has 10 heteroatoms. The number of ether oxygens (including phenoxy) is 3. The molecule has 2 aromatic rings. The van der Waals surface area contributed by atoms with Crippen LogP contribution in [0.25, 0.3) is 0 Å². The number of anilines is 1. The maximum Gasteiger partial charge on any atom is 0.256 e. The van der Waals surface area contributed by atoms with E-state index in [-0.39, 0.29) is 29.9 Å². The van der Waals surface area contributed by atoms with Crippen molar-refractivity contribution < 1.29 is 28.9 Å². The monoisotopic (exact) mass is 628 g/mol. The van der Waals surface area contributed by atoms with E-state index in [4.69, 9.17) is 14.2 Å². The van der Waals surface area contributed by atoms with Crippen LogP contribution in [0.4, 0.5) is 11.4 Å². The Labute approximate surface area is 270 Å². The molecule has 4 aliphatic heterocycles. The van der Waals surface area contributed by atoms with Crippen molar-refractivity contribution in [2.75, 3.05) is 38.3 Å². The summed E-state index contributed by atoms with van der Waals surface area (Å²) in [4.78, 5) is 36.8. The van der Waals surface area contributed by atoms with Gasteiger partial charge in [-0.25, -0.2) is 0 Å². The molecule has 0 radical (unpaired) electrons. The molecule has 0 aliphatic carbocycles. The summed E-state index contributed by atoms with van der Waals surface area (Å²) in [7, 11) is 1.56. The molecule has 0 saturated carbocycles. The smallest absolute Gasteiger partial charge is 0.256 e. The highest BCUT2D eigenvalue weighted by Gasteiger charge is 2.44. The Morgan fingerprint density at radius 1 is 0.891 bits per heavy atom. The molecule has 10 nitrogen and oxygen atoms in total. The molecule has 3 atom stereocenters. The van der Waals surface area contributed by atoms with Gasteiger partial charge in [-0.05, 0) is 70.6 Å². The first-order chi connectivity index (χ1) is 22.1. The fraction of sp³-hybridized carbons (Fsp3) is 0.472. The number of rotatable bonds is 10. The van der Waals surface area contributed by atoms with Gasteiger partial charge >= 0.3 is 0 Å². The molecule has 4 heterocycles. The Morgan fingerprint density at radius 2 is 1.57 bits per heavy atom. The third kappa shape index (κ3) is 5.86. The Balaban J connectivity index is 1.05. The molecule has 0 spiro atoms. The van der Waals surface area contributed by atoms with Gasteiger partial charge in [0.2, 0.25) is 0 Å². The van der Waals surface area contributed by atoms with Crippen LogP contribution in [-0.2, 0) is 0 Å². The molecule has 1 N–H and O–H groups in total. The number of aliphatic hydroxyl groups excluding tert-OH is 1. The summed E-state index contributed by atoms with van der Waals surface area (Å²) in [6.07, 6.45) is 4.81. The van der Waals surface area contributed by atoms with Crippen molar-refractivity contribution in [3.8, 4) is 17.2 Å². The van der Waals surface area contributed by atoms with E-state index in [2.05, 4.69) is 18.2 Å². The zero-order valence-electron chi connectivity index (χ0n) is 27.3. The number of fused-ring (bicyclic) bond motifs is 4. The van der Waals surface area contributed by atoms with E-state index in [0.29, 0.717) is 66.7 Å². The van der Waals surface area contributed by atoms with Gasteiger partial charge in [0.25, 0.3) is 11.8 Å². The van der Waals surface area contributed by atoms with Crippen LogP contribution < -0.4 is 19.1 Å². The first kappa shape index (κ1) is 31.7. The number of aliphatic hydroxyl groups is 1. The van der Waals surface area contributed by atoms with Crippen molar-refractivity contribution in [3.05, 3.63) is 65.3 Å².